The highest BCUT2D eigenvalue weighted by Gasteiger charge is 2.20. The minimum Gasteiger partial charge on any atom is -0.372 e. The first kappa shape index (κ1) is 19.9. The Hall–Kier alpha value is -2.90. The Bertz CT molecular complexity index is 760. The number of nitrogens with zero attached hydrogens (tertiary/aromatic N) is 6. The Labute approximate surface area is 165 Å². The van der Waals surface area contributed by atoms with Gasteiger partial charge in [0.25, 0.3) is 0 Å². The number of nitrogens with one attached hydrogen (secondary N) is 1. The van der Waals surface area contributed by atoms with Gasteiger partial charge in [-0.15, -0.1) is 0 Å². The van der Waals surface area contributed by atoms with Crippen LogP contribution in [0.5, 0.6) is 0 Å². The third kappa shape index (κ3) is 5.09. The van der Waals surface area contributed by atoms with Gasteiger partial charge in [0, 0.05) is 65.8 Å². The highest BCUT2D eigenvalue weighted by molar-refractivity contribution is 5.80. The van der Waals surface area contributed by atoms with E-state index in [0.29, 0.717) is 5.69 Å². The molecule has 28 heavy (non-hydrogen) atoms. The van der Waals surface area contributed by atoms with Crippen LogP contribution in [0.2, 0.25) is 0 Å². The first-order chi connectivity index (χ1) is 13.7. The number of halogens is 1. The van der Waals surface area contributed by atoms with Gasteiger partial charge >= 0.3 is 0 Å². The van der Waals surface area contributed by atoms with E-state index in [1.54, 1.807) is 31.6 Å². The van der Waals surface area contributed by atoms with Crippen molar-refractivity contribution in [2.45, 2.75) is 6.42 Å². The molecular weight excluding hydrogens is 357 g/mol. The lowest BCUT2D eigenvalue weighted by molar-refractivity contribution is 0.370. The second-order valence-electron chi connectivity index (χ2n) is 6.72. The van der Waals surface area contributed by atoms with Gasteiger partial charge in [-0.2, -0.15) is 0 Å². The van der Waals surface area contributed by atoms with Crippen molar-refractivity contribution in [1.29, 1.82) is 0 Å². The number of piperazine rings is 1. The van der Waals surface area contributed by atoms with Gasteiger partial charge < -0.3 is 20.0 Å². The number of aromatic nitrogens is 2. The second-order valence-corrected chi connectivity index (χ2v) is 6.72. The molecule has 0 spiro atoms. The molecule has 1 fully saturated rings. The largest absolute Gasteiger partial charge is 0.372 e. The van der Waals surface area contributed by atoms with Crippen LogP contribution in [0.1, 0.15) is 6.42 Å². The molecule has 0 atom stereocenters. The summed E-state index contributed by atoms with van der Waals surface area (Å²) in [7, 11) is 3.72. The van der Waals surface area contributed by atoms with Crippen LogP contribution in [0.4, 0.5) is 16.0 Å². The first-order valence-corrected chi connectivity index (χ1v) is 9.62. The lowest BCUT2D eigenvalue weighted by Crippen LogP contribution is -2.53. The molecule has 0 radical (unpaired) electrons. The molecule has 0 saturated carbocycles. The standard InChI is InChI=1S/C20H28FN7/c1-22-19(23-11-6-12-26(2)18-8-4-3-7-17(18)21)27-13-15-28(16-14-27)20-24-9-5-10-25-20/h3-5,7-10H,6,11-16H2,1-2H3,(H,22,23). The van der Waals surface area contributed by atoms with Gasteiger partial charge in [0.1, 0.15) is 5.82 Å². The maximum Gasteiger partial charge on any atom is 0.225 e. The fourth-order valence-electron chi connectivity index (χ4n) is 3.30. The van der Waals surface area contributed by atoms with Crippen LogP contribution in [0.15, 0.2) is 47.7 Å². The highest BCUT2D eigenvalue weighted by atomic mass is 19.1. The Balaban J connectivity index is 1.41. The van der Waals surface area contributed by atoms with Crippen LogP contribution < -0.4 is 15.1 Å². The van der Waals surface area contributed by atoms with Crippen molar-refractivity contribution in [2.24, 2.45) is 4.99 Å². The van der Waals surface area contributed by atoms with Crippen LogP contribution >= 0.6 is 0 Å². The van der Waals surface area contributed by atoms with Crippen molar-refractivity contribution in [3.63, 3.8) is 0 Å². The maximum absolute atomic E-state index is 13.8. The van der Waals surface area contributed by atoms with Crippen molar-refractivity contribution in [3.05, 3.63) is 48.5 Å². The third-order valence-corrected chi connectivity index (χ3v) is 4.84. The summed E-state index contributed by atoms with van der Waals surface area (Å²) in [4.78, 5) is 19.4. The zero-order chi connectivity index (χ0) is 19.8. The van der Waals surface area contributed by atoms with E-state index in [-0.39, 0.29) is 5.82 Å². The molecule has 1 aliphatic rings. The summed E-state index contributed by atoms with van der Waals surface area (Å²) in [6.07, 6.45) is 4.43. The zero-order valence-electron chi connectivity index (χ0n) is 16.6. The van der Waals surface area contributed by atoms with Gasteiger partial charge in [-0.3, -0.25) is 4.99 Å². The van der Waals surface area contributed by atoms with Crippen molar-refractivity contribution in [1.82, 2.24) is 20.2 Å². The number of hydrogen-bond acceptors (Lipinski definition) is 5. The number of rotatable bonds is 6. The van der Waals surface area contributed by atoms with E-state index in [9.17, 15) is 4.39 Å². The first-order valence-electron chi connectivity index (χ1n) is 9.62. The quantitative estimate of drug-likeness (QED) is 0.465. The van der Waals surface area contributed by atoms with E-state index in [4.69, 9.17) is 0 Å². The average Bonchev–Trinajstić information content (AvgIpc) is 2.75. The summed E-state index contributed by atoms with van der Waals surface area (Å²) in [5.41, 5.74) is 0.631. The van der Waals surface area contributed by atoms with Crippen LogP contribution in [-0.4, -0.2) is 74.2 Å². The average molecular weight is 385 g/mol. The Morgan fingerprint density at radius 2 is 1.86 bits per heavy atom. The van der Waals surface area contributed by atoms with Gasteiger partial charge in [-0.25, -0.2) is 14.4 Å². The number of aliphatic imine (C=N–C) groups is 1. The summed E-state index contributed by atoms with van der Waals surface area (Å²) in [6.45, 7) is 5.01. The Kier molecular flexibility index (Phi) is 7.00. The zero-order valence-corrected chi connectivity index (χ0v) is 16.6. The molecule has 0 bridgehead atoms. The molecule has 1 aromatic heterocycles. The van der Waals surface area contributed by atoms with Crippen LogP contribution in [0.3, 0.4) is 0 Å². The van der Waals surface area contributed by atoms with E-state index in [2.05, 4.69) is 30.1 Å². The summed E-state index contributed by atoms with van der Waals surface area (Å²) in [5, 5.41) is 3.42. The van der Waals surface area contributed by atoms with Gasteiger partial charge in [-0.1, -0.05) is 12.1 Å². The van der Waals surface area contributed by atoms with Gasteiger partial charge in [0.2, 0.25) is 5.95 Å². The molecule has 1 aliphatic heterocycles. The fraction of sp³-hybridized carbons (Fsp3) is 0.450. The minimum absolute atomic E-state index is 0.186. The lowest BCUT2D eigenvalue weighted by Gasteiger charge is -2.36. The minimum atomic E-state index is -0.186. The van der Waals surface area contributed by atoms with Crippen LogP contribution in [0, 0.1) is 5.82 Å². The topological polar surface area (TPSA) is 59.9 Å². The predicted octanol–water partition coefficient (Wildman–Crippen LogP) is 1.84. The second kappa shape index (κ2) is 9.87. The fourth-order valence-corrected chi connectivity index (χ4v) is 3.30. The summed E-state index contributed by atoms with van der Waals surface area (Å²) >= 11 is 0. The number of anilines is 2. The molecule has 0 aliphatic carbocycles. The smallest absolute Gasteiger partial charge is 0.225 e. The monoisotopic (exact) mass is 385 g/mol. The number of para-hydroxylation sites is 1. The van der Waals surface area contributed by atoms with E-state index < -0.39 is 0 Å². The number of guanidine groups is 1. The summed E-state index contributed by atoms with van der Waals surface area (Å²) in [5.74, 6) is 1.50. The molecule has 8 heteroatoms. The van der Waals surface area contributed by atoms with E-state index >= 15 is 0 Å². The normalized spacial score (nSPS) is 14.9. The highest BCUT2D eigenvalue weighted by Crippen LogP contribution is 2.16. The SMILES string of the molecule is CN=C(NCCCN(C)c1ccccc1F)N1CCN(c2ncccn2)CC1. The van der Waals surface area contributed by atoms with Crippen LogP contribution in [0.25, 0.3) is 0 Å². The molecule has 2 heterocycles. The van der Waals surface area contributed by atoms with Gasteiger partial charge in [0.15, 0.2) is 5.96 Å². The predicted molar refractivity (Wildman–Crippen MR) is 111 cm³/mol. The molecule has 150 valence electrons. The molecule has 1 saturated heterocycles. The Morgan fingerprint density at radius 1 is 1.14 bits per heavy atom. The number of benzene rings is 1. The Morgan fingerprint density at radius 3 is 2.54 bits per heavy atom. The van der Waals surface area contributed by atoms with E-state index in [1.807, 2.05) is 24.1 Å². The molecule has 2 aromatic rings. The number of hydrogen-bond donors (Lipinski definition) is 1. The summed E-state index contributed by atoms with van der Waals surface area (Å²) < 4.78 is 13.8. The molecule has 7 nitrogen and oxygen atoms in total. The van der Waals surface area contributed by atoms with Crippen LogP contribution in [-0.2, 0) is 0 Å². The van der Waals surface area contributed by atoms with E-state index in [1.165, 1.54) is 6.07 Å². The molecular formula is C20H28FN7. The van der Waals surface area contributed by atoms with Gasteiger partial charge in [-0.05, 0) is 24.6 Å². The van der Waals surface area contributed by atoms with E-state index in [0.717, 1.165) is 57.6 Å². The lowest BCUT2D eigenvalue weighted by atomic mass is 10.2. The maximum atomic E-state index is 13.8. The van der Waals surface area contributed by atoms with Crippen molar-refractivity contribution >= 4 is 17.6 Å². The molecule has 1 aromatic carbocycles. The molecule has 0 amide bonds. The third-order valence-electron chi connectivity index (χ3n) is 4.84. The van der Waals surface area contributed by atoms with Crippen molar-refractivity contribution < 1.29 is 4.39 Å². The molecule has 1 N–H and O–H groups in total. The molecule has 0 unspecified atom stereocenters. The molecule has 3 rings (SSSR count). The van der Waals surface area contributed by atoms with Crippen molar-refractivity contribution in [3.8, 4) is 0 Å². The van der Waals surface area contributed by atoms with Gasteiger partial charge in [0.05, 0.1) is 5.69 Å². The van der Waals surface area contributed by atoms with Crippen molar-refractivity contribution in [2.75, 3.05) is 63.2 Å². The summed E-state index contributed by atoms with van der Waals surface area (Å²) in [6, 6.07) is 8.69.